The smallest absolute Gasteiger partial charge is 0.364 e. The van der Waals surface area contributed by atoms with Crippen LogP contribution in [0.25, 0.3) is 0 Å². The molecule has 0 aliphatic carbocycles. The Morgan fingerprint density at radius 3 is 2.45 bits per heavy atom. The second kappa shape index (κ2) is 9.90. The first-order chi connectivity index (χ1) is 14.0. The Balaban J connectivity index is 1.34. The molecule has 0 saturated carbocycles. The number of hydrogen-bond donors (Lipinski definition) is 1. The molecule has 0 aromatic heterocycles. The number of benzene rings is 2. The van der Waals surface area contributed by atoms with Gasteiger partial charge in [0, 0.05) is 12.8 Å². The van der Waals surface area contributed by atoms with Gasteiger partial charge in [0.25, 0.3) is 5.79 Å². The van der Waals surface area contributed by atoms with Gasteiger partial charge in [-0.3, -0.25) is 0 Å². The summed E-state index contributed by atoms with van der Waals surface area (Å²) in [7, 11) is 0. The molecule has 1 fully saturated rings. The molecule has 2 aromatic rings. The summed E-state index contributed by atoms with van der Waals surface area (Å²) in [5.74, 6) is -1.51. The maximum atomic E-state index is 11.2. The topological polar surface area (TPSA) is 65.0 Å². The summed E-state index contributed by atoms with van der Waals surface area (Å²) in [6, 6.07) is 18.7. The molecule has 5 heteroatoms. The number of carboxylic acids is 1. The molecule has 3 rings (SSSR count). The Hall–Kier alpha value is -2.37. The van der Waals surface area contributed by atoms with Crippen molar-refractivity contribution in [2.45, 2.75) is 51.4 Å². The van der Waals surface area contributed by atoms with Crippen LogP contribution in [0.15, 0.2) is 54.6 Å². The van der Waals surface area contributed by atoms with Gasteiger partial charge in [0.1, 0.15) is 5.75 Å². The average molecular weight is 398 g/mol. The summed E-state index contributed by atoms with van der Waals surface area (Å²) < 4.78 is 16.9. The highest BCUT2D eigenvalue weighted by Gasteiger charge is 2.43. The van der Waals surface area contributed by atoms with Crippen LogP contribution < -0.4 is 4.74 Å². The van der Waals surface area contributed by atoms with Gasteiger partial charge in [0.15, 0.2) is 0 Å². The lowest BCUT2D eigenvalue weighted by atomic mass is 9.96. The second-order valence-electron chi connectivity index (χ2n) is 7.80. The molecule has 3 atom stereocenters. The van der Waals surface area contributed by atoms with Crippen molar-refractivity contribution in [3.05, 3.63) is 65.7 Å². The lowest BCUT2D eigenvalue weighted by Gasteiger charge is -2.39. The van der Waals surface area contributed by atoms with Crippen molar-refractivity contribution in [3.63, 3.8) is 0 Å². The average Bonchev–Trinajstić information content (AvgIpc) is 2.71. The van der Waals surface area contributed by atoms with E-state index in [4.69, 9.17) is 14.2 Å². The third-order valence-corrected chi connectivity index (χ3v) is 5.45. The van der Waals surface area contributed by atoms with Crippen LogP contribution in [0.4, 0.5) is 0 Å². The summed E-state index contributed by atoms with van der Waals surface area (Å²) in [4.78, 5) is 11.2. The van der Waals surface area contributed by atoms with Gasteiger partial charge >= 0.3 is 5.97 Å². The van der Waals surface area contributed by atoms with E-state index < -0.39 is 11.8 Å². The fourth-order valence-corrected chi connectivity index (χ4v) is 3.55. The minimum atomic E-state index is -1.52. The third kappa shape index (κ3) is 6.05. The van der Waals surface area contributed by atoms with Gasteiger partial charge in [0.2, 0.25) is 0 Å². The first-order valence-corrected chi connectivity index (χ1v) is 10.3. The van der Waals surface area contributed by atoms with E-state index in [1.807, 2.05) is 25.1 Å². The summed E-state index contributed by atoms with van der Waals surface area (Å²) in [5, 5.41) is 9.18. The molecule has 0 bridgehead atoms. The Bertz CT molecular complexity index is 774. The number of hydrogen-bond acceptors (Lipinski definition) is 4. The van der Waals surface area contributed by atoms with Gasteiger partial charge < -0.3 is 19.3 Å². The number of unbranched alkanes of at least 4 members (excludes halogenated alkanes) is 1. The van der Waals surface area contributed by atoms with Crippen LogP contribution in [0.5, 0.6) is 5.75 Å². The van der Waals surface area contributed by atoms with Crippen molar-refractivity contribution in [1.29, 1.82) is 0 Å². The third-order valence-electron chi connectivity index (χ3n) is 5.45. The van der Waals surface area contributed by atoms with E-state index in [0.29, 0.717) is 13.2 Å². The fraction of sp³-hybridized carbons (Fsp3) is 0.458. The van der Waals surface area contributed by atoms with Gasteiger partial charge in [-0.2, -0.15) is 0 Å². The highest BCUT2D eigenvalue weighted by molar-refractivity contribution is 5.75. The van der Waals surface area contributed by atoms with E-state index in [9.17, 15) is 9.90 Å². The van der Waals surface area contributed by atoms with E-state index in [0.717, 1.165) is 31.4 Å². The zero-order chi connectivity index (χ0) is 20.7. The van der Waals surface area contributed by atoms with Crippen LogP contribution in [0.1, 0.15) is 44.2 Å². The van der Waals surface area contributed by atoms with Gasteiger partial charge in [0.05, 0.1) is 19.3 Å². The van der Waals surface area contributed by atoms with E-state index in [-0.39, 0.29) is 12.0 Å². The normalized spacial score (nSPS) is 24.2. The number of carbonyl (C=O) groups is 1. The predicted molar refractivity (Wildman–Crippen MR) is 111 cm³/mol. The zero-order valence-electron chi connectivity index (χ0n) is 17.2. The molecule has 1 aliphatic heterocycles. The molecule has 29 heavy (non-hydrogen) atoms. The van der Waals surface area contributed by atoms with Crippen LogP contribution in [-0.4, -0.2) is 36.2 Å². The summed E-state index contributed by atoms with van der Waals surface area (Å²) in [5.41, 5.74) is 2.57. The molecule has 1 saturated heterocycles. The van der Waals surface area contributed by atoms with Gasteiger partial charge in [-0.15, -0.1) is 0 Å². The van der Waals surface area contributed by atoms with Crippen LogP contribution in [0, 0.1) is 5.92 Å². The van der Waals surface area contributed by atoms with Gasteiger partial charge in [-0.25, -0.2) is 4.79 Å². The second-order valence-corrected chi connectivity index (χ2v) is 7.80. The Morgan fingerprint density at radius 1 is 1.10 bits per heavy atom. The number of carboxylic acid groups (broad SMARTS) is 1. The molecule has 0 amide bonds. The van der Waals surface area contributed by atoms with Crippen molar-refractivity contribution < 1.29 is 24.1 Å². The van der Waals surface area contributed by atoms with Crippen LogP contribution in [0.2, 0.25) is 0 Å². The Labute approximate surface area is 172 Å². The summed E-state index contributed by atoms with van der Waals surface area (Å²) in [6.45, 7) is 4.45. The van der Waals surface area contributed by atoms with Crippen LogP contribution >= 0.6 is 0 Å². The SMILES string of the molecule is CC1OC(C)(C(=O)O)OCC1CCCCOc1ccc(Cc2ccccc2)cc1. The van der Waals surface area contributed by atoms with Crippen LogP contribution in [-0.2, 0) is 20.7 Å². The molecule has 0 radical (unpaired) electrons. The molecule has 1 N–H and O–H groups in total. The Morgan fingerprint density at radius 2 is 1.79 bits per heavy atom. The number of aliphatic carboxylic acids is 1. The monoisotopic (exact) mass is 398 g/mol. The summed E-state index contributed by atoms with van der Waals surface area (Å²) in [6.07, 6.45) is 3.63. The largest absolute Gasteiger partial charge is 0.494 e. The predicted octanol–water partition coefficient (Wildman–Crippen LogP) is 4.68. The molecular weight excluding hydrogens is 368 g/mol. The standard InChI is InChI=1S/C24H30O5/c1-18-21(17-28-24(2,29-18)23(25)26)10-6-7-15-27-22-13-11-20(12-14-22)16-19-8-4-3-5-9-19/h3-5,8-9,11-14,18,21H,6-7,10,15-17H2,1-2H3,(H,25,26). The molecule has 3 unspecified atom stereocenters. The van der Waals surface area contributed by atoms with Crippen LogP contribution in [0.3, 0.4) is 0 Å². The maximum Gasteiger partial charge on any atom is 0.364 e. The minimum Gasteiger partial charge on any atom is -0.494 e. The highest BCUT2D eigenvalue weighted by atomic mass is 16.7. The van der Waals surface area contributed by atoms with Crippen molar-refractivity contribution in [3.8, 4) is 5.75 Å². The fourth-order valence-electron chi connectivity index (χ4n) is 3.55. The van der Waals surface area contributed by atoms with E-state index in [2.05, 4.69) is 36.4 Å². The number of rotatable bonds is 9. The van der Waals surface area contributed by atoms with Crippen molar-refractivity contribution in [2.75, 3.05) is 13.2 Å². The highest BCUT2D eigenvalue weighted by Crippen LogP contribution is 2.29. The van der Waals surface area contributed by atoms with Crippen molar-refractivity contribution in [2.24, 2.45) is 5.92 Å². The first-order valence-electron chi connectivity index (χ1n) is 10.3. The first kappa shape index (κ1) is 21.3. The van der Waals surface area contributed by atoms with E-state index in [1.165, 1.54) is 18.1 Å². The van der Waals surface area contributed by atoms with Crippen molar-refractivity contribution in [1.82, 2.24) is 0 Å². The van der Waals surface area contributed by atoms with E-state index in [1.54, 1.807) is 0 Å². The Kier molecular flexibility index (Phi) is 7.29. The quantitative estimate of drug-likeness (QED) is 0.622. The zero-order valence-corrected chi connectivity index (χ0v) is 17.2. The van der Waals surface area contributed by atoms with Gasteiger partial charge in [-0.1, -0.05) is 42.5 Å². The molecule has 156 valence electrons. The van der Waals surface area contributed by atoms with Crippen molar-refractivity contribution >= 4 is 5.97 Å². The molecule has 2 aromatic carbocycles. The minimum absolute atomic E-state index is 0.136. The molecule has 0 spiro atoms. The van der Waals surface area contributed by atoms with E-state index >= 15 is 0 Å². The molecule has 1 heterocycles. The summed E-state index contributed by atoms with van der Waals surface area (Å²) >= 11 is 0. The number of ether oxygens (including phenoxy) is 3. The van der Waals surface area contributed by atoms with Gasteiger partial charge in [-0.05, 0) is 55.9 Å². The lowest BCUT2D eigenvalue weighted by Crippen LogP contribution is -2.51. The molecule has 5 nitrogen and oxygen atoms in total. The lowest BCUT2D eigenvalue weighted by molar-refractivity contribution is -0.292. The molecule has 1 aliphatic rings. The maximum absolute atomic E-state index is 11.2. The molecular formula is C24H30O5.